The summed E-state index contributed by atoms with van der Waals surface area (Å²) in [5.41, 5.74) is -1.31. The quantitative estimate of drug-likeness (QED) is 0.671. The van der Waals surface area contributed by atoms with Crippen LogP contribution >= 0.6 is 0 Å². The Balaban J connectivity index is 2.33. The lowest BCUT2D eigenvalue weighted by atomic mass is 10.1. The van der Waals surface area contributed by atoms with E-state index in [9.17, 15) is 19.3 Å². The summed E-state index contributed by atoms with van der Waals surface area (Å²) >= 11 is 0. The summed E-state index contributed by atoms with van der Waals surface area (Å²) in [6.07, 6.45) is 0.774. The summed E-state index contributed by atoms with van der Waals surface area (Å²) in [5.74, 6) is -2.89. The maximum Gasteiger partial charge on any atom is 0.338 e. The lowest BCUT2D eigenvalue weighted by Gasteiger charge is -2.23. The van der Waals surface area contributed by atoms with Gasteiger partial charge in [-0.2, -0.15) is 0 Å². The molecular weight excluding hydrogens is 273 g/mol. The van der Waals surface area contributed by atoms with Crippen LogP contribution in [0.5, 0.6) is 5.75 Å². The number of nitrogens with zero attached hydrogens (tertiary/aromatic N) is 1. The monoisotopic (exact) mass is 285 g/mol. The van der Waals surface area contributed by atoms with E-state index in [1.54, 1.807) is 0 Å². The van der Waals surface area contributed by atoms with Crippen molar-refractivity contribution in [2.24, 2.45) is 0 Å². The van der Waals surface area contributed by atoms with Crippen LogP contribution in [0.25, 0.3) is 0 Å². The molecule has 8 heteroatoms. The SMILES string of the molecule is O=C(O)c1cc([N+](=O)[O-])c(OC2CCOCC2)cc1F. The van der Waals surface area contributed by atoms with Crippen LogP contribution < -0.4 is 4.74 Å². The number of carbonyl (C=O) groups is 1. The van der Waals surface area contributed by atoms with Crippen LogP contribution in [0.15, 0.2) is 12.1 Å². The summed E-state index contributed by atoms with van der Waals surface area (Å²) in [7, 11) is 0. The van der Waals surface area contributed by atoms with Crippen LogP contribution in [0.2, 0.25) is 0 Å². The van der Waals surface area contributed by atoms with Gasteiger partial charge in [-0.1, -0.05) is 0 Å². The van der Waals surface area contributed by atoms with Crippen molar-refractivity contribution >= 4 is 11.7 Å². The molecule has 20 heavy (non-hydrogen) atoms. The number of ether oxygens (including phenoxy) is 2. The predicted octanol–water partition coefficient (Wildman–Crippen LogP) is 1.99. The molecule has 7 nitrogen and oxygen atoms in total. The molecule has 2 rings (SSSR count). The Bertz CT molecular complexity index is 541. The van der Waals surface area contributed by atoms with Crippen LogP contribution in [0.4, 0.5) is 10.1 Å². The Morgan fingerprint density at radius 3 is 2.65 bits per heavy atom. The molecule has 1 aromatic rings. The minimum atomic E-state index is -1.57. The highest BCUT2D eigenvalue weighted by Crippen LogP contribution is 2.32. The Morgan fingerprint density at radius 2 is 2.10 bits per heavy atom. The van der Waals surface area contributed by atoms with E-state index in [1.165, 1.54) is 0 Å². The number of halogens is 1. The van der Waals surface area contributed by atoms with Crippen LogP contribution in [0, 0.1) is 15.9 Å². The Hall–Kier alpha value is -2.22. The first-order chi connectivity index (χ1) is 9.49. The molecule has 1 aromatic carbocycles. The topological polar surface area (TPSA) is 98.9 Å². The molecule has 1 aliphatic rings. The molecule has 1 fully saturated rings. The number of carboxylic acid groups (broad SMARTS) is 1. The van der Waals surface area contributed by atoms with Crippen LogP contribution in [0.3, 0.4) is 0 Å². The normalized spacial score (nSPS) is 15.8. The first-order valence-electron chi connectivity index (χ1n) is 5.94. The average molecular weight is 285 g/mol. The molecule has 108 valence electrons. The van der Waals surface area contributed by atoms with Gasteiger partial charge in [0.05, 0.1) is 18.1 Å². The zero-order chi connectivity index (χ0) is 14.7. The second-order valence-electron chi connectivity index (χ2n) is 4.29. The van der Waals surface area contributed by atoms with Crippen LogP contribution in [0.1, 0.15) is 23.2 Å². The van der Waals surface area contributed by atoms with Crippen LogP contribution in [-0.2, 0) is 4.74 Å². The number of benzene rings is 1. The fourth-order valence-electron chi connectivity index (χ4n) is 1.92. The molecule has 0 spiro atoms. The number of aromatic carboxylic acids is 1. The molecule has 0 unspecified atom stereocenters. The van der Waals surface area contributed by atoms with E-state index >= 15 is 0 Å². The van der Waals surface area contributed by atoms with E-state index in [0.717, 1.165) is 6.07 Å². The second kappa shape index (κ2) is 5.83. The minimum Gasteiger partial charge on any atom is -0.483 e. The van der Waals surface area contributed by atoms with E-state index < -0.39 is 28.0 Å². The Morgan fingerprint density at radius 1 is 1.45 bits per heavy atom. The molecule has 1 saturated heterocycles. The van der Waals surface area contributed by atoms with Crippen molar-refractivity contribution in [2.75, 3.05) is 13.2 Å². The van der Waals surface area contributed by atoms with Gasteiger partial charge >= 0.3 is 11.7 Å². The highest BCUT2D eigenvalue weighted by Gasteiger charge is 2.25. The number of nitro groups is 1. The van der Waals surface area contributed by atoms with Crippen molar-refractivity contribution in [3.05, 3.63) is 33.6 Å². The zero-order valence-electron chi connectivity index (χ0n) is 10.4. The smallest absolute Gasteiger partial charge is 0.338 e. The van der Waals surface area contributed by atoms with E-state index in [0.29, 0.717) is 32.1 Å². The first kappa shape index (κ1) is 14.2. The zero-order valence-corrected chi connectivity index (χ0v) is 10.4. The summed E-state index contributed by atoms with van der Waals surface area (Å²) in [6, 6.07) is 1.42. The van der Waals surface area contributed by atoms with Gasteiger partial charge in [0, 0.05) is 25.0 Å². The van der Waals surface area contributed by atoms with Crippen LogP contribution in [-0.4, -0.2) is 35.3 Å². The molecule has 0 aromatic heterocycles. The van der Waals surface area contributed by atoms with Gasteiger partial charge in [0.2, 0.25) is 0 Å². The maximum absolute atomic E-state index is 13.6. The minimum absolute atomic E-state index is 0.260. The number of rotatable bonds is 4. The molecule has 0 aliphatic carbocycles. The van der Waals surface area contributed by atoms with Gasteiger partial charge < -0.3 is 14.6 Å². The molecular formula is C12H12FNO6. The van der Waals surface area contributed by atoms with Gasteiger partial charge in [0.1, 0.15) is 17.5 Å². The van der Waals surface area contributed by atoms with Gasteiger partial charge in [-0.25, -0.2) is 9.18 Å². The Labute approximate surface area is 113 Å². The van der Waals surface area contributed by atoms with Gasteiger partial charge in [-0.15, -0.1) is 0 Å². The molecule has 0 bridgehead atoms. The van der Waals surface area contributed by atoms with E-state index in [1.807, 2.05) is 0 Å². The molecule has 0 atom stereocenters. The fraction of sp³-hybridized carbons (Fsp3) is 0.417. The lowest BCUT2D eigenvalue weighted by molar-refractivity contribution is -0.386. The number of nitro benzene ring substituents is 1. The fourth-order valence-corrected chi connectivity index (χ4v) is 1.92. The van der Waals surface area contributed by atoms with E-state index in [4.69, 9.17) is 14.6 Å². The summed E-state index contributed by atoms with van der Waals surface area (Å²) in [5, 5.41) is 19.7. The molecule has 1 heterocycles. The van der Waals surface area contributed by atoms with E-state index in [2.05, 4.69) is 0 Å². The van der Waals surface area contributed by atoms with Crippen molar-refractivity contribution in [3.8, 4) is 5.75 Å². The first-order valence-corrected chi connectivity index (χ1v) is 5.94. The standard InChI is InChI=1S/C12H12FNO6/c13-9-6-11(20-7-1-3-19-4-2-7)10(14(17)18)5-8(9)12(15)16/h5-7H,1-4H2,(H,15,16). The second-order valence-corrected chi connectivity index (χ2v) is 4.29. The van der Waals surface area contributed by atoms with Gasteiger partial charge in [-0.3, -0.25) is 10.1 Å². The van der Waals surface area contributed by atoms with Crippen molar-refractivity contribution in [1.29, 1.82) is 0 Å². The third-order valence-electron chi connectivity index (χ3n) is 2.94. The van der Waals surface area contributed by atoms with Crippen molar-refractivity contribution in [3.63, 3.8) is 0 Å². The summed E-state index contributed by atoms with van der Waals surface area (Å²) in [6.45, 7) is 0.933. The highest BCUT2D eigenvalue weighted by molar-refractivity contribution is 5.89. The van der Waals surface area contributed by atoms with Gasteiger partial charge in [-0.05, 0) is 0 Å². The largest absolute Gasteiger partial charge is 0.483 e. The lowest BCUT2D eigenvalue weighted by Crippen LogP contribution is -2.26. The van der Waals surface area contributed by atoms with Gasteiger partial charge in [0.25, 0.3) is 0 Å². The number of hydrogen-bond donors (Lipinski definition) is 1. The molecule has 1 aliphatic heterocycles. The van der Waals surface area contributed by atoms with E-state index in [-0.39, 0.29) is 11.9 Å². The number of hydrogen-bond acceptors (Lipinski definition) is 5. The number of carboxylic acids is 1. The predicted molar refractivity (Wildman–Crippen MR) is 64.5 cm³/mol. The highest BCUT2D eigenvalue weighted by atomic mass is 19.1. The third kappa shape index (κ3) is 3.02. The average Bonchev–Trinajstić information content (AvgIpc) is 2.39. The van der Waals surface area contributed by atoms with Crippen molar-refractivity contribution in [2.45, 2.75) is 18.9 Å². The Kier molecular flexibility index (Phi) is 4.14. The molecule has 0 amide bonds. The molecule has 0 saturated carbocycles. The molecule has 1 N–H and O–H groups in total. The third-order valence-corrected chi connectivity index (χ3v) is 2.94. The summed E-state index contributed by atoms with van der Waals surface area (Å²) in [4.78, 5) is 20.9. The van der Waals surface area contributed by atoms with Crippen molar-refractivity contribution < 1.29 is 28.7 Å². The van der Waals surface area contributed by atoms with Crippen molar-refractivity contribution in [1.82, 2.24) is 0 Å². The summed E-state index contributed by atoms with van der Waals surface area (Å²) < 4.78 is 24.1. The maximum atomic E-state index is 13.6. The molecule has 0 radical (unpaired) electrons. The van der Waals surface area contributed by atoms with Gasteiger partial charge in [0.15, 0.2) is 5.75 Å².